The van der Waals surface area contributed by atoms with Crippen LogP contribution >= 0.6 is 0 Å². The van der Waals surface area contributed by atoms with Crippen molar-refractivity contribution in [1.29, 1.82) is 0 Å². The van der Waals surface area contributed by atoms with Crippen molar-refractivity contribution in [3.05, 3.63) is 46.7 Å². The summed E-state index contributed by atoms with van der Waals surface area (Å²) in [7, 11) is 1.40. The highest BCUT2D eigenvalue weighted by atomic mass is 16.5. The van der Waals surface area contributed by atoms with Gasteiger partial charge < -0.3 is 4.74 Å². The average Bonchev–Trinajstić information content (AvgIpc) is 2.32. The molecule has 0 heterocycles. The van der Waals surface area contributed by atoms with Crippen LogP contribution in [0.2, 0.25) is 0 Å². The number of rotatable bonds is 2. The first-order chi connectivity index (χ1) is 7.69. The van der Waals surface area contributed by atoms with E-state index >= 15 is 0 Å². The van der Waals surface area contributed by atoms with E-state index in [1.54, 1.807) is 12.1 Å². The third-order valence-electron chi connectivity index (χ3n) is 2.73. The topological polar surface area (TPSA) is 43.4 Å². The summed E-state index contributed by atoms with van der Waals surface area (Å²) < 4.78 is 4.92. The van der Waals surface area contributed by atoms with Gasteiger partial charge in [-0.3, -0.25) is 9.59 Å². The van der Waals surface area contributed by atoms with Gasteiger partial charge in [-0.05, 0) is 12.0 Å². The third-order valence-corrected chi connectivity index (χ3v) is 2.73. The molecule has 1 aliphatic carbocycles. The van der Waals surface area contributed by atoms with Crippen LogP contribution in [0.25, 0.3) is 0 Å². The molecule has 0 N–H and O–H groups in total. The predicted molar refractivity (Wildman–Crippen MR) is 59.6 cm³/mol. The molecule has 16 heavy (non-hydrogen) atoms. The number of benzene rings is 1. The Morgan fingerprint density at radius 3 is 2.62 bits per heavy atom. The van der Waals surface area contributed by atoms with Crippen molar-refractivity contribution in [3.63, 3.8) is 0 Å². The number of ether oxygens (including phenoxy) is 1. The molecule has 3 heteroatoms. The van der Waals surface area contributed by atoms with Gasteiger partial charge in [-0.15, -0.1) is 0 Å². The van der Waals surface area contributed by atoms with E-state index in [1.807, 2.05) is 13.0 Å². The summed E-state index contributed by atoms with van der Waals surface area (Å²) in [6.45, 7) is 1.96. The molecule has 1 aliphatic rings. The number of methoxy groups -OCH3 is 1. The first-order valence-electron chi connectivity index (χ1n) is 5.15. The van der Waals surface area contributed by atoms with Crippen molar-refractivity contribution in [2.45, 2.75) is 13.3 Å². The fraction of sp³-hybridized carbons (Fsp3) is 0.231. The van der Waals surface area contributed by atoms with Crippen molar-refractivity contribution in [1.82, 2.24) is 0 Å². The van der Waals surface area contributed by atoms with Gasteiger partial charge in [-0.2, -0.15) is 0 Å². The smallest absolute Gasteiger partial charge is 0.228 e. The van der Waals surface area contributed by atoms with Gasteiger partial charge in [0.25, 0.3) is 0 Å². The maximum absolute atomic E-state index is 12.0. The molecule has 0 unspecified atom stereocenters. The van der Waals surface area contributed by atoms with E-state index in [1.165, 1.54) is 13.2 Å². The van der Waals surface area contributed by atoms with E-state index in [2.05, 4.69) is 0 Å². The van der Waals surface area contributed by atoms with Crippen LogP contribution in [0.4, 0.5) is 0 Å². The second-order valence-electron chi connectivity index (χ2n) is 3.60. The van der Waals surface area contributed by atoms with Crippen LogP contribution in [0.3, 0.4) is 0 Å². The molecule has 0 radical (unpaired) electrons. The van der Waals surface area contributed by atoms with Gasteiger partial charge >= 0.3 is 0 Å². The van der Waals surface area contributed by atoms with Crippen molar-refractivity contribution < 1.29 is 14.3 Å². The number of carbonyl (C=O) groups excluding carboxylic acids is 2. The Morgan fingerprint density at radius 1 is 1.25 bits per heavy atom. The Bertz CT molecular complexity index is 498. The molecule has 1 aromatic rings. The quantitative estimate of drug-likeness (QED) is 0.760. The zero-order chi connectivity index (χ0) is 11.7. The van der Waals surface area contributed by atoms with E-state index in [9.17, 15) is 9.59 Å². The number of aryl methyl sites for hydroxylation is 1. The molecule has 0 atom stereocenters. The number of Topliss-reactive ketones (excluding diaryl/α,β-unsaturated/α-hetero) is 1. The van der Waals surface area contributed by atoms with Crippen molar-refractivity contribution in [2.24, 2.45) is 0 Å². The molecule has 0 saturated carbocycles. The summed E-state index contributed by atoms with van der Waals surface area (Å²) in [5.41, 5.74) is 1.86. The highest BCUT2D eigenvalue weighted by molar-refractivity contribution is 6.24. The highest BCUT2D eigenvalue weighted by Gasteiger charge is 2.27. The first kappa shape index (κ1) is 10.6. The van der Waals surface area contributed by atoms with E-state index in [-0.39, 0.29) is 17.3 Å². The molecule has 1 aromatic carbocycles. The minimum absolute atomic E-state index is 0.124. The van der Waals surface area contributed by atoms with E-state index in [4.69, 9.17) is 4.74 Å². The van der Waals surface area contributed by atoms with Crippen molar-refractivity contribution in [2.75, 3.05) is 7.11 Å². The van der Waals surface area contributed by atoms with Gasteiger partial charge in [-0.1, -0.05) is 25.1 Å². The molecule has 0 aromatic heterocycles. The van der Waals surface area contributed by atoms with Gasteiger partial charge in [-0.25, -0.2) is 0 Å². The molecule has 0 spiro atoms. The molecular formula is C13H12O3. The zero-order valence-electron chi connectivity index (χ0n) is 9.24. The normalized spacial score (nSPS) is 14.5. The fourth-order valence-corrected chi connectivity index (χ4v) is 1.91. The molecule has 0 bridgehead atoms. The monoisotopic (exact) mass is 216 g/mol. The Hall–Kier alpha value is -1.90. The fourth-order valence-electron chi connectivity index (χ4n) is 1.91. The summed E-state index contributed by atoms with van der Waals surface area (Å²) in [6.07, 6.45) is 1.98. The third kappa shape index (κ3) is 1.45. The summed E-state index contributed by atoms with van der Waals surface area (Å²) in [6, 6.07) is 5.34. The Morgan fingerprint density at radius 2 is 2.00 bits per heavy atom. The minimum atomic E-state index is -0.199. The number of carbonyl (C=O) groups is 2. The van der Waals surface area contributed by atoms with Crippen LogP contribution < -0.4 is 0 Å². The Kier molecular flexibility index (Phi) is 2.60. The van der Waals surface area contributed by atoms with Crippen molar-refractivity contribution in [3.8, 4) is 0 Å². The van der Waals surface area contributed by atoms with E-state index < -0.39 is 0 Å². The molecule has 2 rings (SSSR count). The van der Waals surface area contributed by atoms with Gasteiger partial charge in [0, 0.05) is 17.2 Å². The standard InChI is InChI=1S/C13H12O3/c1-3-8-5-4-6-9-10(14)7-11(16-2)13(15)12(8)9/h4-7H,3H2,1-2H3. The van der Waals surface area contributed by atoms with Crippen LogP contribution in [0.15, 0.2) is 30.0 Å². The number of hydrogen-bond donors (Lipinski definition) is 0. The second-order valence-corrected chi connectivity index (χ2v) is 3.60. The lowest BCUT2D eigenvalue weighted by atomic mass is 9.89. The largest absolute Gasteiger partial charge is 0.492 e. The van der Waals surface area contributed by atoms with Gasteiger partial charge in [0.15, 0.2) is 11.5 Å². The van der Waals surface area contributed by atoms with Gasteiger partial charge in [0.1, 0.15) is 0 Å². The maximum Gasteiger partial charge on any atom is 0.228 e. The lowest BCUT2D eigenvalue weighted by Gasteiger charge is -2.16. The predicted octanol–water partition coefficient (Wildman–Crippen LogP) is 2.16. The number of hydrogen-bond acceptors (Lipinski definition) is 3. The van der Waals surface area contributed by atoms with Crippen LogP contribution in [-0.2, 0) is 11.2 Å². The molecule has 0 fully saturated rings. The maximum atomic E-state index is 12.0. The summed E-state index contributed by atoms with van der Waals surface area (Å²) in [5, 5.41) is 0. The first-order valence-corrected chi connectivity index (χ1v) is 5.15. The molecule has 82 valence electrons. The number of fused-ring (bicyclic) bond motifs is 1. The summed E-state index contributed by atoms with van der Waals surface area (Å²) >= 11 is 0. The molecule has 3 nitrogen and oxygen atoms in total. The van der Waals surface area contributed by atoms with E-state index in [0.717, 1.165) is 12.0 Å². The Balaban J connectivity index is 2.66. The average molecular weight is 216 g/mol. The van der Waals surface area contributed by atoms with Crippen LogP contribution in [0.1, 0.15) is 33.2 Å². The number of ketones is 2. The van der Waals surface area contributed by atoms with Gasteiger partial charge in [0.2, 0.25) is 5.78 Å². The number of allylic oxidation sites excluding steroid dienone is 2. The lowest BCUT2D eigenvalue weighted by molar-refractivity contribution is 0.0916. The van der Waals surface area contributed by atoms with Gasteiger partial charge in [0.05, 0.1) is 7.11 Å². The molecule has 0 amide bonds. The SMILES string of the molecule is CCc1cccc2c1C(=O)C(OC)=CC2=O. The van der Waals surface area contributed by atoms with Crippen LogP contribution in [0, 0.1) is 0 Å². The van der Waals surface area contributed by atoms with Crippen molar-refractivity contribution >= 4 is 11.6 Å². The van der Waals surface area contributed by atoms with Crippen LogP contribution in [-0.4, -0.2) is 18.7 Å². The molecule has 0 saturated heterocycles. The highest BCUT2D eigenvalue weighted by Crippen LogP contribution is 2.25. The summed E-state index contributed by atoms with van der Waals surface area (Å²) in [5.74, 6) is -0.241. The second kappa shape index (κ2) is 3.93. The summed E-state index contributed by atoms with van der Waals surface area (Å²) in [4.78, 5) is 23.8. The molecular weight excluding hydrogens is 204 g/mol. The Labute approximate surface area is 93.7 Å². The lowest BCUT2D eigenvalue weighted by Crippen LogP contribution is -2.19. The van der Waals surface area contributed by atoms with E-state index in [0.29, 0.717) is 11.1 Å². The zero-order valence-corrected chi connectivity index (χ0v) is 9.24. The minimum Gasteiger partial charge on any atom is -0.492 e. The molecule has 0 aliphatic heterocycles. The van der Waals surface area contributed by atoms with Crippen LogP contribution in [0.5, 0.6) is 0 Å².